The lowest BCUT2D eigenvalue weighted by atomic mass is 9.85. The van der Waals surface area contributed by atoms with E-state index in [1.54, 1.807) is 0 Å². The molecule has 1 aliphatic carbocycles. The van der Waals surface area contributed by atoms with Crippen LogP contribution in [-0.4, -0.2) is 23.7 Å². The number of aryl methyl sites for hydroxylation is 1. The van der Waals surface area contributed by atoms with Crippen molar-refractivity contribution in [2.75, 3.05) is 0 Å². The quantitative estimate of drug-likeness (QED) is 0.476. The van der Waals surface area contributed by atoms with Crippen LogP contribution >= 0.6 is 23.5 Å². The van der Waals surface area contributed by atoms with Gasteiger partial charge in [0.25, 0.3) is 0 Å². The molecule has 1 nitrogen and oxygen atoms in total. The van der Waals surface area contributed by atoms with Gasteiger partial charge in [0.1, 0.15) is 5.75 Å². The molecule has 164 valence electrons. The zero-order valence-corrected chi connectivity index (χ0v) is 22.5. The van der Waals surface area contributed by atoms with Gasteiger partial charge in [0, 0.05) is 10.5 Å². The third-order valence-electron chi connectivity index (χ3n) is 7.91. The van der Waals surface area contributed by atoms with E-state index in [0.29, 0.717) is 33.6 Å². The molecule has 1 aromatic rings. The predicted octanol–water partition coefficient (Wildman–Crippen LogP) is 7.35. The molecule has 0 amide bonds. The number of phenolic OH excluding ortho intramolecular Hbond substituents is 1. The Balaban J connectivity index is 1.90. The minimum Gasteiger partial charge on any atom is -0.508 e. The van der Waals surface area contributed by atoms with Crippen molar-refractivity contribution >= 4 is 36.8 Å². The summed E-state index contributed by atoms with van der Waals surface area (Å²) < 4.78 is 0. The predicted molar refractivity (Wildman–Crippen MR) is 139 cm³/mol. The van der Waals surface area contributed by atoms with Crippen LogP contribution in [0.2, 0.25) is 17.6 Å². The Kier molecular flexibility index (Phi) is 5.86. The van der Waals surface area contributed by atoms with Crippen molar-refractivity contribution in [2.45, 2.75) is 88.9 Å². The summed E-state index contributed by atoms with van der Waals surface area (Å²) >= 11 is 4.29. The topological polar surface area (TPSA) is 20.2 Å². The number of thioether (sulfide) groups is 2. The van der Waals surface area contributed by atoms with Crippen LogP contribution in [0.5, 0.6) is 5.75 Å². The number of benzene rings is 1. The minimum absolute atomic E-state index is 0.0479. The number of fused-ring (bicyclic) bond motifs is 3. The zero-order chi connectivity index (χ0) is 22.0. The second-order valence-electron chi connectivity index (χ2n) is 10.7. The van der Waals surface area contributed by atoms with Gasteiger partial charge in [0.05, 0.1) is 8.07 Å². The van der Waals surface area contributed by atoms with Crippen molar-refractivity contribution in [3.8, 4) is 5.75 Å². The van der Waals surface area contributed by atoms with Crippen molar-refractivity contribution < 1.29 is 5.11 Å². The van der Waals surface area contributed by atoms with E-state index in [2.05, 4.69) is 103 Å². The highest BCUT2D eigenvalue weighted by Crippen LogP contribution is 2.65. The molecule has 4 rings (SSSR count). The molecule has 1 fully saturated rings. The Morgan fingerprint density at radius 3 is 1.83 bits per heavy atom. The molecule has 4 atom stereocenters. The molecule has 0 saturated heterocycles. The normalized spacial score (nSPS) is 30.9. The first-order chi connectivity index (χ1) is 14.0. The molecule has 1 aromatic carbocycles. The highest BCUT2D eigenvalue weighted by Gasteiger charge is 2.61. The largest absolute Gasteiger partial charge is 0.508 e. The van der Waals surface area contributed by atoms with Gasteiger partial charge in [-0.25, -0.2) is 0 Å². The fourth-order valence-corrected chi connectivity index (χ4v) is 16.8. The molecule has 0 bridgehead atoms. The van der Waals surface area contributed by atoms with E-state index in [0.717, 1.165) is 5.56 Å². The lowest BCUT2D eigenvalue weighted by molar-refractivity contribution is 0.449. The summed E-state index contributed by atoms with van der Waals surface area (Å²) in [5.74, 6) is 1.96. The molecule has 1 saturated carbocycles. The zero-order valence-electron chi connectivity index (χ0n) is 19.9. The lowest BCUT2D eigenvalue weighted by Gasteiger charge is -2.43. The Labute approximate surface area is 193 Å². The van der Waals surface area contributed by atoms with Gasteiger partial charge in [-0.2, -0.15) is 0 Å². The molecule has 1 N–H and O–H groups in total. The Bertz CT molecular complexity index is 874. The van der Waals surface area contributed by atoms with Crippen LogP contribution in [0.3, 0.4) is 0 Å². The van der Waals surface area contributed by atoms with E-state index in [4.69, 9.17) is 0 Å². The van der Waals surface area contributed by atoms with Crippen LogP contribution in [0.1, 0.15) is 59.6 Å². The first-order valence-corrected chi connectivity index (χ1v) is 15.8. The summed E-state index contributed by atoms with van der Waals surface area (Å²) in [5, 5.41) is 14.4. The maximum atomic E-state index is 11.7. The van der Waals surface area contributed by atoms with Gasteiger partial charge in [0.2, 0.25) is 0 Å². The van der Waals surface area contributed by atoms with Crippen LogP contribution in [0.4, 0.5) is 0 Å². The van der Waals surface area contributed by atoms with Gasteiger partial charge in [-0.3, -0.25) is 0 Å². The molecular formula is C26H38OS2Si. The van der Waals surface area contributed by atoms with Gasteiger partial charge in [-0.05, 0) is 64.1 Å². The average molecular weight is 459 g/mol. The molecule has 0 aromatic heterocycles. The van der Waals surface area contributed by atoms with E-state index in [-0.39, 0.29) is 5.41 Å². The fraction of sp³-hybridized carbons (Fsp3) is 0.615. The van der Waals surface area contributed by atoms with Gasteiger partial charge < -0.3 is 5.11 Å². The van der Waals surface area contributed by atoms with Crippen LogP contribution in [0.15, 0.2) is 34.1 Å². The van der Waals surface area contributed by atoms with Gasteiger partial charge >= 0.3 is 0 Å². The average Bonchev–Trinajstić information content (AvgIpc) is 3.29. The maximum Gasteiger partial charge on any atom is 0.118 e. The summed E-state index contributed by atoms with van der Waals surface area (Å²) in [6, 6.07) is 7.00. The number of allylic oxidation sites excluding steroid dienone is 4. The summed E-state index contributed by atoms with van der Waals surface area (Å²) in [6.45, 7) is 18.3. The van der Waals surface area contributed by atoms with Gasteiger partial charge in [-0.1, -0.05) is 76.6 Å². The molecule has 4 heteroatoms. The van der Waals surface area contributed by atoms with Crippen LogP contribution in [0, 0.1) is 18.8 Å². The van der Waals surface area contributed by atoms with E-state index in [1.807, 2.05) is 0 Å². The van der Waals surface area contributed by atoms with Crippen LogP contribution in [-0.2, 0) is 5.41 Å². The smallest absolute Gasteiger partial charge is 0.118 e. The second kappa shape index (κ2) is 7.77. The van der Waals surface area contributed by atoms with Crippen LogP contribution < -0.4 is 5.19 Å². The van der Waals surface area contributed by atoms with Crippen molar-refractivity contribution in [3.63, 3.8) is 0 Å². The summed E-state index contributed by atoms with van der Waals surface area (Å²) in [5.41, 5.74) is 3.08. The van der Waals surface area contributed by atoms with Crippen molar-refractivity contribution in [3.05, 3.63) is 45.2 Å². The Morgan fingerprint density at radius 2 is 1.40 bits per heavy atom. The number of rotatable bonds is 4. The van der Waals surface area contributed by atoms with Crippen LogP contribution in [0.25, 0.3) is 0 Å². The standard InChI is InChI=1S/C26H38OS2Si/c1-9-30(10-2,21-12-15(3)11-20(22(21)27)26(6,7)8)25-23-18(13-16(4)28-23)19-14-17(5)29-24(19)25/h11-14,18-19,23-25,27H,9-10H2,1-8H3. The summed E-state index contributed by atoms with van der Waals surface area (Å²) in [4.78, 5) is 3.02. The first kappa shape index (κ1) is 22.6. The van der Waals surface area contributed by atoms with E-state index >= 15 is 0 Å². The fourth-order valence-electron chi connectivity index (χ4n) is 6.51. The second-order valence-corrected chi connectivity index (χ2v) is 18.5. The molecule has 3 aliphatic rings. The first-order valence-electron chi connectivity index (χ1n) is 11.6. The number of aromatic hydroxyl groups is 1. The summed E-state index contributed by atoms with van der Waals surface area (Å²) in [7, 11) is -1.96. The molecule has 0 spiro atoms. The minimum atomic E-state index is -1.96. The monoisotopic (exact) mass is 458 g/mol. The van der Waals surface area contributed by atoms with E-state index < -0.39 is 8.07 Å². The van der Waals surface area contributed by atoms with Gasteiger partial charge in [0.15, 0.2) is 0 Å². The number of phenols is 1. The molecule has 30 heavy (non-hydrogen) atoms. The highest BCUT2D eigenvalue weighted by atomic mass is 32.2. The maximum absolute atomic E-state index is 11.7. The molecular weight excluding hydrogens is 421 g/mol. The lowest BCUT2D eigenvalue weighted by Crippen LogP contribution is -2.55. The third-order valence-corrected chi connectivity index (χ3v) is 17.1. The Hall–Kier alpha value is -0.583. The SMILES string of the molecule is CC[Si](CC)(c1cc(C)cc(C(C)(C)C)c1O)C1C2SC(C)=CC2C2C=C(C)SC21. The third kappa shape index (κ3) is 3.36. The highest BCUT2D eigenvalue weighted by molar-refractivity contribution is 8.05. The Morgan fingerprint density at radius 1 is 0.900 bits per heavy atom. The van der Waals surface area contributed by atoms with Crippen molar-refractivity contribution in [2.24, 2.45) is 11.8 Å². The number of hydrogen-bond acceptors (Lipinski definition) is 3. The molecule has 2 heterocycles. The van der Waals surface area contributed by atoms with E-state index in [1.165, 1.54) is 32.6 Å². The molecule has 0 radical (unpaired) electrons. The van der Waals surface area contributed by atoms with Crippen molar-refractivity contribution in [1.29, 1.82) is 0 Å². The molecule has 4 unspecified atom stereocenters. The molecule has 2 aliphatic heterocycles. The van der Waals surface area contributed by atoms with Crippen molar-refractivity contribution in [1.82, 2.24) is 0 Å². The summed E-state index contributed by atoms with van der Waals surface area (Å²) in [6.07, 6.45) is 5.15. The van der Waals surface area contributed by atoms with Gasteiger partial charge in [-0.15, -0.1) is 23.5 Å². The number of hydrogen-bond donors (Lipinski definition) is 1. The van der Waals surface area contributed by atoms with E-state index in [9.17, 15) is 5.11 Å².